The quantitative estimate of drug-likeness (QED) is 0.746. The molecule has 0 aromatic rings. The topological polar surface area (TPSA) is 55.6 Å². The third kappa shape index (κ3) is 5.28. The van der Waals surface area contributed by atoms with Crippen LogP contribution in [-0.4, -0.2) is 42.6 Å². The highest BCUT2D eigenvalue weighted by Crippen LogP contribution is 2.32. The van der Waals surface area contributed by atoms with Gasteiger partial charge in [-0.25, -0.2) is 0 Å². The van der Waals surface area contributed by atoms with E-state index in [1.54, 1.807) is 7.11 Å². The summed E-state index contributed by atoms with van der Waals surface area (Å²) >= 11 is 0. The van der Waals surface area contributed by atoms with Crippen LogP contribution < -0.4 is 5.73 Å². The van der Waals surface area contributed by atoms with Gasteiger partial charge in [-0.2, -0.15) is 0 Å². The van der Waals surface area contributed by atoms with Crippen LogP contribution in [0.4, 0.5) is 0 Å². The maximum atomic E-state index is 12.4. The molecule has 0 radical (unpaired) electrons. The minimum Gasteiger partial charge on any atom is -0.380 e. The molecule has 5 heteroatoms. The van der Waals surface area contributed by atoms with Crippen molar-refractivity contribution in [3.63, 3.8) is 0 Å². The van der Waals surface area contributed by atoms with Crippen LogP contribution in [0.5, 0.6) is 0 Å². The minimum absolute atomic E-state index is 0. The number of nitrogens with two attached hydrogens (primary N) is 1. The Kier molecular flexibility index (Phi) is 8.62. The highest BCUT2D eigenvalue weighted by molar-refractivity contribution is 5.85. The Balaban J connectivity index is 0.00000324. The number of amides is 1. The molecule has 1 aliphatic rings. The van der Waals surface area contributed by atoms with Crippen molar-refractivity contribution < 1.29 is 9.53 Å². The third-order valence-corrected chi connectivity index (χ3v) is 4.13. The van der Waals surface area contributed by atoms with Crippen LogP contribution in [-0.2, 0) is 9.53 Å². The van der Waals surface area contributed by atoms with Crippen LogP contribution in [0.15, 0.2) is 0 Å². The van der Waals surface area contributed by atoms with Gasteiger partial charge in [-0.15, -0.1) is 12.4 Å². The van der Waals surface area contributed by atoms with Crippen LogP contribution >= 0.6 is 12.4 Å². The van der Waals surface area contributed by atoms with Gasteiger partial charge in [-0.05, 0) is 25.7 Å². The molecular weight excluding hydrogens is 264 g/mol. The predicted molar refractivity (Wildman–Crippen MR) is 80.5 cm³/mol. The van der Waals surface area contributed by atoms with E-state index in [9.17, 15) is 4.79 Å². The number of carbonyl (C=O) groups is 1. The van der Waals surface area contributed by atoms with E-state index in [4.69, 9.17) is 10.5 Å². The second-order valence-corrected chi connectivity index (χ2v) is 5.46. The van der Waals surface area contributed by atoms with E-state index in [0.717, 1.165) is 19.3 Å². The molecule has 114 valence electrons. The number of nitrogens with zero attached hydrogens (tertiary/aromatic N) is 1. The molecule has 1 saturated carbocycles. The number of halogens is 1. The van der Waals surface area contributed by atoms with Crippen molar-refractivity contribution in [3.05, 3.63) is 0 Å². The molecule has 0 aliphatic heterocycles. The number of hydrogen-bond donors (Lipinski definition) is 1. The first-order valence-corrected chi connectivity index (χ1v) is 7.09. The maximum Gasteiger partial charge on any atom is 0.225 e. The lowest BCUT2D eigenvalue weighted by Crippen LogP contribution is -2.45. The van der Waals surface area contributed by atoms with E-state index < -0.39 is 0 Å². The van der Waals surface area contributed by atoms with E-state index in [2.05, 4.69) is 25.7 Å². The fourth-order valence-electron chi connectivity index (χ4n) is 2.29. The molecule has 0 bridgehead atoms. The Morgan fingerprint density at radius 2 is 2.00 bits per heavy atom. The summed E-state index contributed by atoms with van der Waals surface area (Å²) in [6.45, 7) is 6.95. The Morgan fingerprint density at radius 1 is 1.42 bits per heavy atom. The van der Waals surface area contributed by atoms with Gasteiger partial charge in [0.2, 0.25) is 5.91 Å². The fourth-order valence-corrected chi connectivity index (χ4v) is 2.29. The van der Waals surface area contributed by atoms with Crippen molar-refractivity contribution in [2.24, 2.45) is 11.7 Å². The smallest absolute Gasteiger partial charge is 0.225 e. The van der Waals surface area contributed by atoms with E-state index in [-0.39, 0.29) is 24.4 Å². The summed E-state index contributed by atoms with van der Waals surface area (Å²) in [5, 5.41) is 0. The lowest BCUT2D eigenvalue weighted by molar-refractivity contribution is -0.137. The van der Waals surface area contributed by atoms with Gasteiger partial charge in [0.1, 0.15) is 0 Å². The summed E-state index contributed by atoms with van der Waals surface area (Å²) in [4.78, 5) is 14.5. The third-order valence-electron chi connectivity index (χ3n) is 4.13. The first kappa shape index (κ1) is 18.7. The van der Waals surface area contributed by atoms with Crippen LogP contribution in [0.2, 0.25) is 0 Å². The number of rotatable bonds is 8. The first-order chi connectivity index (χ1) is 8.54. The molecule has 1 amide bonds. The summed E-state index contributed by atoms with van der Waals surface area (Å²) in [6, 6.07) is 0.766. The van der Waals surface area contributed by atoms with Crippen LogP contribution in [0.3, 0.4) is 0 Å². The van der Waals surface area contributed by atoms with Gasteiger partial charge in [-0.1, -0.05) is 20.3 Å². The Hall–Kier alpha value is -0.320. The molecule has 0 spiro atoms. The van der Waals surface area contributed by atoms with Crippen molar-refractivity contribution in [2.75, 3.05) is 13.7 Å². The van der Waals surface area contributed by atoms with Gasteiger partial charge in [0.15, 0.2) is 0 Å². The van der Waals surface area contributed by atoms with Gasteiger partial charge >= 0.3 is 0 Å². The predicted octanol–water partition coefficient (Wildman–Crippen LogP) is 2.20. The van der Waals surface area contributed by atoms with Gasteiger partial charge in [0.25, 0.3) is 0 Å². The lowest BCUT2D eigenvalue weighted by Gasteiger charge is -2.34. The van der Waals surface area contributed by atoms with Gasteiger partial charge < -0.3 is 15.4 Å². The second-order valence-electron chi connectivity index (χ2n) is 5.46. The zero-order chi connectivity index (χ0) is 13.7. The molecule has 0 aromatic heterocycles. The van der Waals surface area contributed by atoms with E-state index in [0.29, 0.717) is 31.0 Å². The van der Waals surface area contributed by atoms with Crippen molar-refractivity contribution in [1.82, 2.24) is 4.90 Å². The monoisotopic (exact) mass is 292 g/mol. The van der Waals surface area contributed by atoms with E-state index in [1.165, 1.54) is 0 Å². The maximum absolute atomic E-state index is 12.4. The molecule has 1 fully saturated rings. The van der Waals surface area contributed by atoms with Crippen LogP contribution in [0, 0.1) is 5.92 Å². The van der Waals surface area contributed by atoms with Crippen molar-refractivity contribution in [3.8, 4) is 0 Å². The zero-order valence-corrected chi connectivity index (χ0v) is 13.4. The lowest BCUT2D eigenvalue weighted by atomic mass is 9.98. The molecule has 2 N–H and O–H groups in total. The fraction of sp³-hybridized carbons (Fsp3) is 0.929. The SMILES string of the molecule is CCC(C)C(C)N(C(=O)CC(CN)OC)C1CC1.Cl. The van der Waals surface area contributed by atoms with Crippen molar-refractivity contribution in [2.45, 2.75) is 64.6 Å². The van der Waals surface area contributed by atoms with Gasteiger partial charge in [0.05, 0.1) is 12.5 Å². The molecule has 1 aliphatic carbocycles. The second kappa shape index (κ2) is 8.77. The molecule has 3 unspecified atom stereocenters. The first-order valence-electron chi connectivity index (χ1n) is 7.09. The Labute approximate surface area is 123 Å². The number of ether oxygens (including phenoxy) is 1. The summed E-state index contributed by atoms with van der Waals surface area (Å²) in [5.41, 5.74) is 5.59. The average molecular weight is 293 g/mol. The summed E-state index contributed by atoms with van der Waals surface area (Å²) < 4.78 is 5.21. The zero-order valence-electron chi connectivity index (χ0n) is 12.6. The summed E-state index contributed by atoms with van der Waals surface area (Å²) in [7, 11) is 1.62. The number of hydrogen-bond acceptors (Lipinski definition) is 3. The minimum atomic E-state index is -0.150. The Bertz CT molecular complexity index is 268. The molecule has 0 saturated heterocycles. The van der Waals surface area contributed by atoms with Gasteiger partial charge in [-0.3, -0.25) is 4.79 Å². The van der Waals surface area contributed by atoms with Crippen molar-refractivity contribution >= 4 is 18.3 Å². The molecular formula is C14H29ClN2O2. The van der Waals surface area contributed by atoms with Crippen molar-refractivity contribution in [1.29, 1.82) is 0 Å². The summed E-state index contributed by atoms with van der Waals surface area (Å²) in [6.07, 6.45) is 3.65. The molecule has 1 rings (SSSR count). The molecule has 0 aromatic carbocycles. The molecule has 3 atom stereocenters. The highest BCUT2D eigenvalue weighted by atomic mass is 35.5. The number of carbonyl (C=O) groups excluding carboxylic acids is 1. The largest absolute Gasteiger partial charge is 0.380 e. The average Bonchev–Trinajstić information content (AvgIpc) is 3.19. The molecule has 0 heterocycles. The normalized spacial score (nSPS) is 19.2. The standard InChI is InChI=1S/C14H28N2O2.ClH/c1-5-10(2)11(3)16(12-6-7-12)14(17)8-13(9-15)18-4;/h10-13H,5-9,15H2,1-4H3;1H. The van der Waals surface area contributed by atoms with E-state index in [1.807, 2.05) is 0 Å². The van der Waals surface area contributed by atoms with Gasteiger partial charge in [0, 0.05) is 25.7 Å². The van der Waals surface area contributed by atoms with Crippen LogP contribution in [0.25, 0.3) is 0 Å². The molecule has 19 heavy (non-hydrogen) atoms. The summed E-state index contributed by atoms with van der Waals surface area (Å²) in [5.74, 6) is 0.732. The Morgan fingerprint density at radius 3 is 2.37 bits per heavy atom. The highest BCUT2D eigenvalue weighted by Gasteiger charge is 2.37. The van der Waals surface area contributed by atoms with Crippen LogP contribution in [0.1, 0.15) is 46.5 Å². The van der Waals surface area contributed by atoms with E-state index >= 15 is 0 Å². The molecule has 4 nitrogen and oxygen atoms in total. The number of methoxy groups -OCH3 is 1.